The molecule has 0 spiro atoms. The topological polar surface area (TPSA) is 49.8 Å². The first kappa shape index (κ1) is 25.1. The average molecular weight is 551 g/mol. The van der Waals surface area contributed by atoms with E-state index >= 15 is 0 Å². The van der Waals surface area contributed by atoms with Crippen LogP contribution in [0.2, 0.25) is 0 Å². The molecule has 0 bridgehead atoms. The second-order valence-electron chi connectivity index (χ2n) is 12.9. The maximum atomic E-state index is 10.2. The lowest BCUT2D eigenvalue weighted by atomic mass is 9.84. The lowest BCUT2D eigenvalue weighted by Crippen LogP contribution is -2.11. The Labute approximate surface area is 251 Å². The molecule has 0 aliphatic rings. The van der Waals surface area contributed by atoms with Crippen molar-refractivity contribution < 1.29 is 7.16 Å². The van der Waals surface area contributed by atoms with Gasteiger partial charge < -0.3 is 4.42 Å². The van der Waals surface area contributed by atoms with Crippen molar-refractivity contribution in [2.24, 2.45) is 5.41 Å². The van der Waals surface area contributed by atoms with Crippen LogP contribution in [0.1, 0.15) is 61.0 Å². The number of nitrogens with zero attached hydrogens (tertiary/aromatic N) is 2. The van der Waals surface area contributed by atoms with Crippen LogP contribution in [0.5, 0.6) is 0 Å². The summed E-state index contributed by atoms with van der Waals surface area (Å²) >= 11 is 0. The molecular formula is C39H36N2O. The highest BCUT2D eigenvalue weighted by Gasteiger charge is 2.24. The number of hydrogen-bond donors (Lipinski definition) is 0. The molecule has 0 aliphatic carbocycles. The Morgan fingerprint density at radius 1 is 0.786 bits per heavy atom. The monoisotopic (exact) mass is 550 g/mol. The molecule has 0 fully saturated rings. The van der Waals surface area contributed by atoms with Crippen molar-refractivity contribution >= 4 is 21.9 Å². The molecule has 0 radical (unpaired) electrons. The van der Waals surface area contributed by atoms with Crippen LogP contribution >= 0.6 is 0 Å². The van der Waals surface area contributed by atoms with Gasteiger partial charge in [0.15, 0.2) is 0 Å². The molecule has 0 atom stereocenters. The predicted molar refractivity (Wildman–Crippen MR) is 174 cm³/mol. The number of benzene rings is 4. The minimum Gasteiger partial charge on any atom is -0.455 e. The van der Waals surface area contributed by atoms with Crippen LogP contribution in [0.15, 0.2) is 102 Å². The SMILES string of the molecule is [2H]C([2H])(c1ccc(-c2cc(C(C)(C)C)ccn2)c2oc3c(-c4ccc(-c5ccccc5)cc4)c(C#N)ccc3c12)C(C)(C)C. The van der Waals surface area contributed by atoms with Crippen LogP contribution in [0, 0.1) is 16.7 Å². The van der Waals surface area contributed by atoms with Gasteiger partial charge in [0.2, 0.25) is 0 Å². The Morgan fingerprint density at radius 2 is 1.48 bits per heavy atom. The van der Waals surface area contributed by atoms with Gasteiger partial charge in [0.25, 0.3) is 0 Å². The fraction of sp³-hybridized carbons (Fsp3) is 0.231. The van der Waals surface area contributed by atoms with Gasteiger partial charge in [-0.2, -0.15) is 5.26 Å². The van der Waals surface area contributed by atoms with Crippen molar-refractivity contribution in [3.8, 4) is 39.6 Å². The quantitative estimate of drug-likeness (QED) is 0.219. The van der Waals surface area contributed by atoms with Gasteiger partial charge in [0.05, 0.1) is 17.3 Å². The van der Waals surface area contributed by atoms with E-state index in [0.717, 1.165) is 38.9 Å². The lowest BCUT2D eigenvalue weighted by Gasteiger charge is -2.20. The Morgan fingerprint density at radius 3 is 2.14 bits per heavy atom. The summed E-state index contributed by atoms with van der Waals surface area (Å²) < 4.78 is 25.3. The first-order chi connectivity index (χ1) is 20.8. The maximum absolute atomic E-state index is 10.2. The molecule has 0 unspecified atom stereocenters. The molecule has 3 nitrogen and oxygen atoms in total. The molecular weight excluding hydrogens is 512 g/mol. The molecule has 0 N–H and O–H groups in total. The van der Waals surface area contributed by atoms with Gasteiger partial charge in [-0.3, -0.25) is 4.98 Å². The number of nitriles is 1. The molecule has 0 aliphatic heterocycles. The van der Waals surface area contributed by atoms with E-state index < -0.39 is 11.8 Å². The predicted octanol–water partition coefficient (Wildman–Crippen LogP) is 10.7. The van der Waals surface area contributed by atoms with Crippen LogP contribution in [0.4, 0.5) is 0 Å². The van der Waals surface area contributed by atoms with Gasteiger partial charge in [0, 0.05) is 30.8 Å². The molecule has 3 heteroatoms. The van der Waals surface area contributed by atoms with Crippen molar-refractivity contribution in [3.05, 3.63) is 114 Å². The molecule has 208 valence electrons. The van der Waals surface area contributed by atoms with Crippen molar-refractivity contribution in [2.45, 2.75) is 53.3 Å². The molecule has 6 aromatic rings. The van der Waals surface area contributed by atoms with Crippen molar-refractivity contribution in [2.75, 3.05) is 0 Å². The Kier molecular flexibility index (Phi) is 6.15. The molecule has 0 saturated heterocycles. The Bertz CT molecular complexity index is 2050. The lowest BCUT2D eigenvalue weighted by molar-refractivity contribution is 0.412. The van der Waals surface area contributed by atoms with Crippen molar-refractivity contribution in [1.82, 2.24) is 4.98 Å². The van der Waals surface area contributed by atoms with Gasteiger partial charge in [0.1, 0.15) is 11.2 Å². The van der Waals surface area contributed by atoms with Crippen LogP contribution in [0.3, 0.4) is 0 Å². The van der Waals surface area contributed by atoms with Gasteiger partial charge in [-0.15, -0.1) is 0 Å². The highest BCUT2D eigenvalue weighted by Crippen LogP contribution is 2.44. The maximum Gasteiger partial charge on any atom is 0.145 e. The summed E-state index contributed by atoms with van der Waals surface area (Å²) in [5.74, 6) is 0. The molecule has 0 saturated carbocycles. The first-order valence-corrected chi connectivity index (χ1v) is 14.4. The van der Waals surface area contributed by atoms with Crippen LogP contribution in [-0.2, 0) is 11.8 Å². The van der Waals surface area contributed by atoms with Gasteiger partial charge >= 0.3 is 0 Å². The minimum absolute atomic E-state index is 0.0743. The summed E-state index contributed by atoms with van der Waals surface area (Å²) in [6.45, 7) is 12.2. The summed E-state index contributed by atoms with van der Waals surface area (Å²) in [7, 11) is 0. The van der Waals surface area contributed by atoms with E-state index in [1.54, 1.807) is 0 Å². The number of fused-ring (bicyclic) bond motifs is 3. The average Bonchev–Trinajstić information content (AvgIpc) is 3.39. The summed E-state index contributed by atoms with van der Waals surface area (Å²) in [6.07, 6.45) is 0.146. The van der Waals surface area contributed by atoms with Gasteiger partial charge in [-0.25, -0.2) is 0 Å². The van der Waals surface area contributed by atoms with Crippen LogP contribution in [-0.4, -0.2) is 4.98 Å². The molecule has 4 aromatic carbocycles. The zero-order valence-electron chi connectivity index (χ0n) is 27.0. The van der Waals surface area contributed by atoms with Gasteiger partial charge in [-0.1, -0.05) is 102 Å². The third-order valence-corrected chi connectivity index (χ3v) is 7.60. The second kappa shape index (κ2) is 10.3. The zero-order valence-corrected chi connectivity index (χ0v) is 25.0. The third kappa shape index (κ3) is 5.10. The van der Waals surface area contributed by atoms with Crippen LogP contribution < -0.4 is 0 Å². The molecule has 2 aromatic heterocycles. The molecule has 0 amide bonds. The number of pyridine rings is 1. The van der Waals surface area contributed by atoms with Crippen LogP contribution in [0.25, 0.3) is 55.4 Å². The first-order valence-electron chi connectivity index (χ1n) is 15.4. The standard InChI is InChI=1S/C39H36N2O/c1-38(2,3)23-28-16-18-31(33-22-30(20-21-41-33)39(4,5)6)36-35(28)32-19-17-29(24-40)34(37(32)42-36)27-14-12-26(13-15-27)25-10-8-7-9-11-25/h7-22H,23H2,1-6H3/i23D2. The highest BCUT2D eigenvalue weighted by atomic mass is 16.3. The Balaban J connectivity index is 1.67. The summed E-state index contributed by atoms with van der Waals surface area (Å²) in [4.78, 5) is 4.73. The fourth-order valence-corrected chi connectivity index (χ4v) is 5.54. The van der Waals surface area contributed by atoms with E-state index in [9.17, 15) is 8.00 Å². The second-order valence-corrected chi connectivity index (χ2v) is 12.9. The molecule has 2 heterocycles. The normalized spacial score (nSPS) is 13.2. The molecule has 42 heavy (non-hydrogen) atoms. The number of furan rings is 1. The fourth-order valence-electron chi connectivity index (χ4n) is 5.54. The minimum atomic E-state index is -1.67. The largest absolute Gasteiger partial charge is 0.455 e. The summed E-state index contributed by atoms with van der Waals surface area (Å²) in [5.41, 5.74) is 7.90. The van der Waals surface area contributed by atoms with Crippen molar-refractivity contribution in [3.63, 3.8) is 0 Å². The number of hydrogen-bond acceptors (Lipinski definition) is 3. The Hall–Kier alpha value is -4.68. The van der Waals surface area contributed by atoms with Gasteiger partial charge in [-0.05, 0) is 75.4 Å². The van der Waals surface area contributed by atoms with E-state index in [0.29, 0.717) is 33.2 Å². The smallest absolute Gasteiger partial charge is 0.145 e. The van der Waals surface area contributed by atoms with E-state index in [1.165, 1.54) is 0 Å². The third-order valence-electron chi connectivity index (χ3n) is 7.60. The van der Waals surface area contributed by atoms with E-state index in [4.69, 9.17) is 9.40 Å². The summed E-state index contributed by atoms with van der Waals surface area (Å²) in [6, 6.07) is 32.4. The van der Waals surface area contributed by atoms with E-state index in [-0.39, 0.29) is 5.41 Å². The zero-order chi connectivity index (χ0) is 31.4. The van der Waals surface area contributed by atoms with E-state index in [1.807, 2.05) is 87.6 Å². The highest BCUT2D eigenvalue weighted by molar-refractivity contribution is 6.15. The summed E-state index contributed by atoms with van der Waals surface area (Å²) in [5, 5.41) is 11.7. The van der Waals surface area contributed by atoms with E-state index in [2.05, 4.69) is 57.2 Å². The van der Waals surface area contributed by atoms with Crippen molar-refractivity contribution in [1.29, 1.82) is 5.26 Å². The number of rotatable bonds is 4. The number of aromatic nitrogens is 1. The molecule has 6 rings (SSSR count).